The second-order valence-corrected chi connectivity index (χ2v) is 5.25. The average molecular weight is 274 g/mol. The summed E-state index contributed by atoms with van der Waals surface area (Å²) in [7, 11) is 0. The van der Waals surface area contributed by atoms with E-state index in [0.29, 0.717) is 24.8 Å². The van der Waals surface area contributed by atoms with E-state index in [0.717, 1.165) is 10.9 Å². The monoisotopic (exact) mass is 274 g/mol. The summed E-state index contributed by atoms with van der Waals surface area (Å²) in [5, 5.41) is 4.08. The van der Waals surface area contributed by atoms with Crippen LogP contribution in [0.4, 0.5) is 0 Å². The van der Waals surface area contributed by atoms with Crippen LogP contribution >= 0.6 is 0 Å². The first-order chi connectivity index (χ1) is 9.61. The molecule has 0 aliphatic carbocycles. The lowest BCUT2D eigenvalue weighted by atomic mass is 10.1. The molecule has 2 aromatic rings. The molecule has 1 heterocycles. The quantitative estimate of drug-likeness (QED) is 0.851. The molecule has 20 heavy (non-hydrogen) atoms. The van der Waals surface area contributed by atoms with E-state index in [2.05, 4.69) is 24.1 Å². The summed E-state index contributed by atoms with van der Waals surface area (Å²) in [4.78, 5) is 15.4. The van der Waals surface area contributed by atoms with E-state index >= 15 is 0 Å². The minimum Gasteiger partial charge on any atom is -0.380 e. The van der Waals surface area contributed by atoms with Gasteiger partial charge in [-0.2, -0.15) is 0 Å². The van der Waals surface area contributed by atoms with Crippen molar-refractivity contribution in [2.24, 2.45) is 5.92 Å². The Morgan fingerprint density at radius 3 is 2.75 bits per heavy atom. The van der Waals surface area contributed by atoms with Crippen molar-refractivity contribution in [2.45, 2.75) is 26.8 Å². The number of para-hydroxylation sites is 1. The molecule has 0 saturated carbocycles. The first kappa shape index (κ1) is 14.6. The summed E-state index contributed by atoms with van der Waals surface area (Å²) in [6.45, 7) is 7.31. The van der Waals surface area contributed by atoms with Crippen molar-refractivity contribution in [1.82, 2.24) is 10.3 Å². The highest BCUT2D eigenvalue weighted by molar-refractivity contribution is 5.98. The van der Waals surface area contributed by atoms with E-state index < -0.39 is 0 Å². The molecule has 0 aliphatic heterocycles. The highest BCUT2D eigenvalue weighted by Crippen LogP contribution is 2.15. The number of amides is 1. The number of aromatic amines is 1. The number of fused-ring (bicyclic) bond motifs is 1. The van der Waals surface area contributed by atoms with Crippen molar-refractivity contribution in [3.8, 4) is 0 Å². The summed E-state index contributed by atoms with van der Waals surface area (Å²) in [6.07, 6.45) is 0. The average Bonchev–Trinajstić information content (AvgIpc) is 2.86. The third kappa shape index (κ3) is 3.39. The fourth-order valence-corrected chi connectivity index (χ4v) is 2.09. The molecule has 1 amide bonds. The smallest absolute Gasteiger partial charge is 0.268 e. The topological polar surface area (TPSA) is 54.1 Å². The lowest BCUT2D eigenvalue weighted by Crippen LogP contribution is -2.42. The van der Waals surface area contributed by atoms with E-state index in [4.69, 9.17) is 4.74 Å². The molecule has 4 nitrogen and oxygen atoms in total. The number of hydrogen-bond donors (Lipinski definition) is 2. The third-order valence-corrected chi connectivity index (χ3v) is 3.40. The number of H-pyrrole nitrogens is 1. The number of benzene rings is 1. The van der Waals surface area contributed by atoms with Gasteiger partial charge in [0.05, 0.1) is 12.6 Å². The molecule has 2 rings (SSSR count). The fourth-order valence-electron chi connectivity index (χ4n) is 2.09. The van der Waals surface area contributed by atoms with Crippen LogP contribution in [0.5, 0.6) is 0 Å². The minimum absolute atomic E-state index is 0.0221. The molecule has 0 saturated heterocycles. The van der Waals surface area contributed by atoms with Crippen LogP contribution in [0.2, 0.25) is 0 Å². The molecule has 2 N–H and O–H groups in total. The molecular weight excluding hydrogens is 252 g/mol. The fraction of sp³-hybridized carbons (Fsp3) is 0.438. The van der Waals surface area contributed by atoms with E-state index in [9.17, 15) is 4.79 Å². The molecule has 0 spiro atoms. The predicted octanol–water partition coefficient (Wildman–Crippen LogP) is 2.96. The summed E-state index contributed by atoms with van der Waals surface area (Å²) in [5.74, 6) is 0.245. The SMILES string of the molecule is CCOCC(NC(=O)c1cc2ccccc2[nH]1)C(C)C. The lowest BCUT2D eigenvalue weighted by molar-refractivity contribution is 0.0802. The van der Waals surface area contributed by atoms with Gasteiger partial charge in [-0.05, 0) is 25.0 Å². The van der Waals surface area contributed by atoms with Gasteiger partial charge in [-0.1, -0.05) is 32.0 Å². The van der Waals surface area contributed by atoms with Crippen molar-refractivity contribution in [3.63, 3.8) is 0 Å². The number of rotatable bonds is 6. The number of nitrogens with one attached hydrogen (secondary N) is 2. The standard InChI is InChI=1S/C16H22N2O2/c1-4-20-10-15(11(2)3)18-16(19)14-9-12-7-5-6-8-13(12)17-14/h5-9,11,15,17H,4,10H2,1-3H3,(H,18,19). The first-order valence-electron chi connectivity index (χ1n) is 7.08. The summed E-state index contributed by atoms with van der Waals surface area (Å²) >= 11 is 0. The number of hydrogen-bond acceptors (Lipinski definition) is 2. The van der Waals surface area contributed by atoms with Crippen molar-refractivity contribution in [3.05, 3.63) is 36.0 Å². The van der Waals surface area contributed by atoms with E-state index in [1.807, 2.05) is 37.3 Å². The molecular formula is C16H22N2O2. The molecule has 0 radical (unpaired) electrons. The van der Waals surface area contributed by atoms with Gasteiger partial charge in [0.25, 0.3) is 5.91 Å². The zero-order valence-electron chi connectivity index (χ0n) is 12.3. The second-order valence-electron chi connectivity index (χ2n) is 5.25. The normalized spacial score (nSPS) is 12.8. The predicted molar refractivity (Wildman–Crippen MR) is 80.9 cm³/mol. The summed E-state index contributed by atoms with van der Waals surface area (Å²) in [5.41, 5.74) is 1.57. The Morgan fingerprint density at radius 1 is 1.35 bits per heavy atom. The maximum absolute atomic E-state index is 12.3. The Labute approximate surface area is 119 Å². The van der Waals surface area contributed by atoms with Gasteiger partial charge in [0.2, 0.25) is 0 Å². The third-order valence-electron chi connectivity index (χ3n) is 3.40. The van der Waals surface area contributed by atoms with E-state index in [1.54, 1.807) is 0 Å². The van der Waals surface area contributed by atoms with Gasteiger partial charge in [-0.15, -0.1) is 0 Å². The highest BCUT2D eigenvalue weighted by atomic mass is 16.5. The van der Waals surface area contributed by atoms with Crippen LogP contribution < -0.4 is 5.32 Å². The van der Waals surface area contributed by atoms with Crippen LogP contribution in [0, 0.1) is 5.92 Å². The Hall–Kier alpha value is -1.81. The molecule has 0 fully saturated rings. The Morgan fingerprint density at radius 2 is 2.10 bits per heavy atom. The molecule has 4 heteroatoms. The van der Waals surface area contributed by atoms with Crippen LogP contribution in [0.1, 0.15) is 31.3 Å². The van der Waals surface area contributed by atoms with Gasteiger partial charge in [-0.3, -0.25) is 4.79 Å². The molecule has 108 valence electrons. The zero-order valence-corrected chi connectivity index (χ0v) is 12.3. The maximum atomic E-state index is 12.3. The molecule has 0 bridgehead atoms. The van der Waals surface area contributed by atoms with Crippen molar-refractivity contribution in [1.29, 1.82) is 0 Å². The number of aromatic nitrogens is 1. The van der Waals surface area contributed by atoms with E-state index in [1.165, 1.54) is 0 Å². The van der Waals surface area contributed by atoms with Crippen LogP contribution in [0.25, 0.3) is 10.9 Å². The van der Waals surface area contributed by atoms with Crippen molar-refractivity contribution in [2.75, 3.05) is 13.2 Å². The molecule has 0 aliphatic rings. The second kappa shape index (κ2) is 6.57. The molecule has 1 aromatic heterocycles. The van der Waals surface area contributed by atoms with Crippen molar-refractivity contribution < 1.29 is 9.53 Å². The largest absolute Gasteiger partial charge is 0.380 e. The highest BCUT2D eigenvalue weighted by Gasteiger charge is 2.18. The number of ether oxygens (including phenoxy) is 1. The molecule has 1 atom stereocenters. The minimum atomic E-state index is -0.0837. The first-order valence-corrected chi connectivity index (χ1v) is 7.08. The molecule has 1 aromatic carbocycles. The van der Waals surface area contributed by atoms with Gasteiger partial charge in [0, 0.05) is 17.5 Å². The zero-order chi connectivity index (χ0) is 14.5. The Kier molecular flexibility index (Phi) is 4.79. The van der Waals surface area contributed by atoms with Crippen LogP contribution in [-0.2, 0) is 4.74 Å². The molecule has 1 unspecified atom stereocenters. The van der Waals surface area contributed by atoms with Gasteiger partial charge in [0.15, 0.2) is 0 Å². The van der Waals surface area contributed by atoms with E-state index in [-0.39, 0.29) is 11.9 Å². The lowest BCUT2D eigenvalue weighted by Gasteiger charge is -2.21. The van der Waals surface area contributed by atoms with Crippen molar-refractivity contribution >= 4 is 16.8 Å². The number of carbonyl (C=O) groups is 1. The van der Waals surface area contributed by atoms with Gasteiger partial charge in [0.1, 0.15) is 5.69 Å². The van der Waals surface area contributed by atoms with Gasteiger partial charge >= 0.3 is 0 Å². The number of carbonyl (C=O) groups excluding carboxylic acids is 1. The Balaban J connectivity index is 2.09. The maximum Gasteiger partial charge on any atom is 0.268 e. The van der Waals surface area contributed by atoms with Crippen LogP contribution in [0.3, 0.4) is 0 Å². The van der Waals surface area contributed by atoms with Gasteiger partial charge in [-0.25, -0.2) is 0 Å². The summed E-state index contributed by atoms with van der Waals surface area (Å²) in [6, 6.07) is 9.77. The van der Waals surface area contributed by atoms with Crippen LogP contribution in [0.15, 0.2) is 30.3 Å². The van der Waals surface area contributed by atoms with Crippen LogP contribution in [-0.4, -0.2) is 30.1 Å². The Bertz CT molecular complexity index is 542. The van der Waals surface area contributed by atoms with Gasteiger partial charge < -0.3 is 15.0 Å². The summed E-state index contributed by atoms with van der Waals surface area (Å²) < 4.78 is 5.43.